The molecule has 0 spiro atoms. The van der Waals surface area contributed by atoms with Crippen LogP contribution in [0.3, 0.4) is 0 Å². The lowest BCUT2D eigenvalue weighted by Crippen LogP contribution is -2.36. The smallest absolute Gasteiger partial charge is 0.255 e. The maximum atomic E-state index is 13.5. The van der Waals surface area contributed by atoms with Crippen LogP contribution >= 0.6 is 0 Å². The molecule has 7 heteroatoms. The second-order valence-electron chi connectivity index (χ2n) is 7.58. The summed E-state index contributed by atoms with van der Waals surface area (Å²) in [6.07, 6.45) is 1.68. The molecule has 0 bridgehead atoms. The summed E-state index contributed by atoms with van der Waals surface area (Å²) in [5, 5.41) is 5.68. The van der Waals surface area contributed by atoms with Crippen molar-refractivity contribution in [3.05, 3.63) is 83.7 Å². The van der Waals surface area contributed by atoms with Gasteiger partial charge in [0, 0.05) is 23.5 Å². The molecular formula is C25H24FN3O3. The Balaban J connectivity index is 1.37. The number of amides is 2. The number of methoxy groups -OCH3 is 1. The number of carbonyl (C=O) groups is 2. The number of para-hydroxylation sites is 2. The Morgan fingerprint density at radius 2 is 1.81 bits per heavy atom. The van der Waals surface area contributed by atoms with E-state index in [0.717, 1.165) is 30.6 Å². The predicted octanol–water partition coefficient (Wildman–Crippen LogP) is 4.48. The lowest BCUT2D eigenvalue weighted by Gasteiger charge is -2.30. The number of hydrogen-bond donors (Lipinski definition) is 2. The van der Waals surface area contributed by atoms with E-state index in [1.807, 2.05) is 17.0 Å². The number of carbonyl (C=O) groups excluding carboxylic acids is 2. The maximum Gasteiger partial charge on any atom is 0.255 e. The van der Waals surface area contributed by atoms with Gasteiger partial charge in [0.05, 0.1) is 19.3 Å². The number of fused-ring (bicyclic) bond motifs is 1. The fraction of sp³-hybridized carbons (Fsp3) is 0.200. The lowest BCUT2D eigenvalue weighted by molar-refractivity contribution is -0.115. The number of ether oxygens (including phenoxy) is 1. The van der Waals surface area contributed by atoms with E-state index in [1.54, 1.807) is 49.6 Å². The largest absolute Gasteiger partial charge is 0.495 e. The van der Waals surface area contributed by atoms with Gasteiger partial charge in [-0.15, -0.1) is 0 Å². The van der Waals surface area contributed by atoms with Crippen LogP contribution in [0.4, 0.5) is 21.5 Å². The highest BCUT2D eigenvalue weighted by atomic mass is 19.1. The third-order valence-electron chi connectivity index (χ3n) is 5.38. The standard InChI is InChI=1S/C25H24FN3O3/c1-32-23-7-3-2-6-21(23)28-25(31)17-8-11-20(12-9-17)27-24(30)16-29-14-4-5-18-15-19(26)10-13-22(18)29/h2-3,6-13,15H,4-5,14,16H2,1H3,(H,27,30)(H,28,31). The van der Waals surface area contributed by atoms with E-state index in [0.29, 0.717) is 22.7 Å². The Morgan fingerprint density at radius 3 is 2.59 bits per heavy atom. The van der Waals surface area contributed by atoms with Crippen LogP contribution in [0, 0.1) is 5.82 Å². The van der Waals surface area contributed by atoms with E-state index in [1.165, 1.54) is 12.1 Å². The molecule has 0 fully saturated rings. The van der Waals surface area contributed by atoms with E-state index in [4.69, 9.17) is 4.74 Å². The second-order valence-corrected chi connectivity index (χ2v) is 7.58. The molecule has 1 heterocycles. The van der Waals surface area contributed by atoms with Crippen LogP contribution in [0.1, 0.15) is 22.3 Å². The third-order valence-corrected chi connectivity index (χ3v) is 5.38. The van der Waals surface area contributed by atoms with Crippen molar-refractivity contribution in [1.29, 1.82) is 0 Å². The first-order chi connectivity index (χ1) is 15.5. The van der Waals surface area contributed by atoms with Gasteiger partial charge in [0.2, 0.25) is 5.91 Å². The molecule has 0 saturated heterocycles. The minimum absolute atomic E-state index is 0.173. The number of rotatable bonds is 6. The van der Waals surface area contributed by atoms with Gasteiger partial charge < -0.3 is 20.3 Å². The minimum Gasteiger partial charge on any atom is -0.495 e. The lowest BCUT2D eigenvalue weighted by atomic mass is 10.0. The quantitative estimate of drug-likeness (QED) is 0.602. The Labute approximate surface area is 186 Å². The van der Waals surface area contributed by atoms with Crippen molar-refractivity contribution in [1.82, 2.24) is 0 Å². The van der Waals surface area contributed by atoms with Crippen molar-refractivity contribution >= 4 is 28.9 Å². The first-order valence-corrected chi connectivity index (χ1v) is 10.4. The number of hydrogen-bond acceptors (Lipinski definition) is 4. The molecule has 0 unspecified atom stereocenters. The van der Waals surface area contributed by atoms with Crippen molar-refractivity contribution in [2.24, 2.45) is 0 Å². The van der Waals surface area contributed by atoms with Crippen molar-refractivity contribution in [3.8, 4) is 5.75 Å². The van der Waals surface area contributed by atoms with Gasteiger partial charge in [-0.25, -0.2) is 4.39 Å². The molecule has 0 saturated carbocycles. The minimum atomic E-state index is -0.274. The first-order valence-electron chi connectivity index (χ1n) is 10.4. The van der Waals surface area contributed by atoms with E-state index in [-0.39, 0.29) is 24.2 Å². The van der Waals surface area contributed by atoms with Crippen molar-refractivity contribution in [3.63, 3.8) is 0 Å². The first kappa shape index (κ1) is 21.4. The molecule has 1 aliphatic heterocycles. The maximum absolute atomic E-state index is 13.5. The summed E-state index contributed by atoms with van der Waals surface area (Å²) >= 11 is 0. The Hall–Kier alpha value is -3.87. The number of anilines is 3. The Kier molecular flexibility index (Phi) is 6.35. The molecule has 0 aliphatic carbocycles. The summed E-state index contributed by atoms with van der Waals surface area (Å²) in [6, 6.07) is 18.5. The van der Waals surface area contributed by atoms with Gasteiger partial charge in [-0.05, 0) is 73.0 Å². The number of halogens is 1. The van der Waals surface area contributed by atoms with Gasteiger partial charge in [0.25, 0.3) is 5.91 Å². The number of nitrogens with zero attached hydrogens (tertiary/aromatic N) is 1. The zero-order valence-corrected chi connectivity index (χ0v) is 17.7. The topological polar surface area (TPSA) is 70.7 Å². The average Bonchev–Trinajstić information content (AvgIpc) is 2.79. The number of benzene rings is 3. The summed E-state index contributed by atoms with van der Waals surface area (Å²) in [4.78, 5) is 27.1. The molecule has 0 radical (unpaired) electrons. The molecule has 3 aromatic rings. The highest BCUT2D eigenvalue weighted by Gasteiger charge is 2.19. The van der Waals surface area contributed by atoms with Crippen LogP contribution < -0.4 is 20.3 Å². The monoisotopic (exact) mass is 433 g/mol. The zero-order chi connectivity index (χ0) is 22.5. The molecule has 2 amide bonds. The van der Waals surface area contributed by atoms with Gasteiger partial charge in [-0.2, -0.15) is 0 Å². The van der Waals surface area contributed by atoms with Crippen LogP contribution in [-0.4, -0.2) is 32.0 Å². The van der Waals surface area contributed by atoms with Gasteiger partial charge in [0.15, 0.2) is 0 Å². The van der Waals surface area contributed by atoms with E-state index >= 15 is 0 Å². The number of aryl methyl sites for hydroxylation is 1. The van der Waals surface area contributed by atoms with E-state index in [9.17, 15) is 14.0 Å². The zero-order valence-electron chi connectivity index (χ0n) is 17.7. The molecule has 164 valence electrons. The normalized spacial score (nSPS) is 12.6. The van der Waals surface area contributed by atoms with Crippen LogP contribution in [0.5, 0.6) is 5.75 Å². The second kappa shape index (κ2) is 9.51. The third kappa shape index (κ3) is 4.88. The fourth-order valence-electron chi connectivity index (χ4n) is 3.83. The van der Waals surface area contributed by atoms with E-state index in [2.05, 4.69) is 10.6 Å². The highest BCUT2D eigenvalue weighted by molar-refractivity contribution is 6.05. The summed E-state index contributed by atoms with van der Waals surface area (Å²) < 4.78 is 18.7. The predicted molar refractivity (Wildman–Crippen MR) is 123 cm³/mol. The molecular weight excluding hydrogens is 409 g/mol. The Morgan fingerprint density at radius 1 is 1.03 bits per heavy atom. The molecule has 0 aromatic heterocycles. The molecule has 2 N–H and O–H groups in total. The summed E-state index contributed by atoms with van der Waals surface area (Å²) in [6.45, 7) is 0.919. The molecule has 1 aliphatic rings. The molecule has 6 nitrogen and oxygen atoms in total. The summed E-state index contributed by atoms with van der Waals surface area (Å²) in [7, 11) is 1.54. The van der Waals surface area contributed by atoms with Gasteiger partial charge >= 0.3 is 0 Å². The molecule has 0 atom stereocenters. The summed E-state index contributed by atoms with van der Waals surface area (Å²) in [5.41, 5.74) is 3.46. The van der Waals surface area contributed by atoms with E-state index < -0.39 is 0 Å². The van der Waals surface area contributed by atoms with Crippen molar-refractivity contribution in [2.45, 2.75) is 12.8 Å². The van der Waals surface area contributed by atoms with Crippen molar-refractivity contribution < 1.29 is 18.7 Å². The van der Waals surface area contributed by atoms with Crippen LogP contribution in [0.15, 0.2) is 66.7 Å². The molecule has 3 aromatic carbocycles. The Bertz CT molecular complexity index is 1130. The van der Waals surface area contributed by atoms with Crippen molar-refractivity contribution in [2.75, 3.05) is 35.7 Å². The molecule has 4 rings (SSSR count). The number of nitrogens with one attached hydrogen (secondary N) is 2. The molecule has 32 heavy (non-hydrogen) atoms. The van der Waals surface area contributed by atoms with Gasteiger partial charge in [-0.1, -0.05) is 12.1 Å². The SMILES string of the molecule is COc1ccccc1NC(=O)c1ccc(NC(=O)CN2CCCc3cc(F)ccc32)cc1. The van der Waals surface area contributed by atoms with Crippen LogP contribution in [-0.2, 0) is 11.2 Å². The highest BCUT2D eigenvalue weighted by Crippen LogP contribution is 2.28. The fourth-order valence-corrected chi connectivity index (χ4v) is 3.83. The van der Waals surface area contributed by atoms with Gasteiger partial charge in [-0.3, -0.25) is 9.59 Å². The van der Waals surface area contributed by atoms with Crippen LogP contribution in [0.2, 0.25) is 0 Å². The average molecular weight is 433 g/mol. The summed E-state index contributed by atoms with van der Waals surface area (Å²) in [5.74, 6) is -0.130. The van der Waals surface area contributed by atoms with Crippen LogP contribution in [0.25, 0.3) is 0 Å². The van der Waals surface area contributed by atoms with Gasteiger partial charge in [0.1, 0.15) is 11.6 Å².